The summed E-state index contributed by atoms with van der Waals surface area (Å²) < 4.78 is 0. The van der Waals surface area contributed by atoms with Gasteiger partial charge in [-0.2, -0.15) is 5.26 Å². The van der Waals surface area contributed by atoms with Crippen molar-refractivity contribution in [3.8, 4) is 6.07 Å². The van der Waals surface area contributed by atoms with Crippen LogP contribution < -0.4 is 4.90 Å². The first kappa shape index (κ1) is 11.4. The van der Waals surface area contributed by atoms with Crippen molar-refractivity contribution in [2.45, 2.75) is 0 Å². The third-order valence-electron chi connectivity index (χ3n) is 2.03. The molecular formula is C10H15N5. The summed E-state index contributed by atoms with van der Waals surface area (Å²) in [5.41, 5.74) is 0.374. The summed E-state index contributed by atoms with van der Waals surface area (Å²) in [5, 5.41) is 8.86. The minimum atomic E-state index is 0.374. The first-order valence-electron chi connectivity index (χ1n) is 4.72. The van der Waals surface area contributed by atoms with Gasteiger partial charge in [-0.1, -0.05) is 0 Å². The Morgan fingerprint density at radius 3 is 2.47 bits per heavy atom. The normalized spacial score (nSPS) is 10.1. The van der Waals surface area contributed by atoms with Gasteiger partial charge in [0.05, 0.1) is 0 Å². The zero-order valence-electron chi connectivity index (χ0n) is 9.30. The average Bonchev–Trinajstić information content (AvgIpc) is 2.25. The lowest BCUT2D eigenvalue weighted by molar-refractivity contribution is 0.416. The predicted octanol–water partition coefficient (Wildman–Crippen LogP) is 0.346. The molecule has 0 saturated carbocycles. The van der Waals surface area contributed by atoms with E-state index in [0.29, 0.717) is 11.5 Å². The van der Waals surface area contributed by atoms with E-state index >= 15 is 0 Å². The Kier molecular flexibility index (Phi) is 4.01. The summed E-state index contributed by atoms with van der Waals surface area (Å²) in [6.45, 7) is 1.73. The molecule has 0 atom stereocenters. The van der Waals surface area contributed by atoms with E-state index in [2.05, 4.69) is 14.9 Å². The molecule has 0 fully saturated rings. The van der Waals surface area contributed by atoms with Gasteiger partial charge in [-0.05, 0) is 14.1 Å². The molecule has 80 valence electrons. The highest BCUT2D eigenvalue weighted by Gasteiger charge is 2.09. The van der Waals surface area contributed by atoms with Crippen LogP contribution in [0.5, 0.6) is 0 Å². The van der Waals surface area contributed by atoms with Gasteiger partial charge in [-0.15, -0.1) is 0 Å². The molecule has 0 radical (unpaired) electrons. The number of aromatic nitrogens is 2. The van der Waals surface area contributed by atoms with Crippen LogP contribution in [-0.4, -0.2) is 49.1 Å². The highest BCUT2D eigenvalue weighted by atomic mass is 15.2. The minimum Gasteiger partial charge on any atom is -0.356 e. The quantitative estimate of drug-likeness (QED) is 0.709. The lowest BCUT2D eigenvalue weighted by atomic mass is 10.4. The lowest BCUT2D eigenvalue weighted by Crippen LogP contribution is -2.29. The smallest absolute Gasteiger partial charge is 0.183 e. The van der Waals surface area contributed by atoms with Gasteiger partial charge < -0.3 is 9.80 Å². The molecule has 0 aliphatic rings. The molecule has 1 heterocycles. The van der Waals surface area contributed by atoms with Crippen LogP contribution in [0.15, 0.2) is 12.4 Å². The fourth-order valence-corrected chi connectivity index (χ4v) is 1.14. The van der Waals surface area contributed by atoms with Crippen LogP contribution >= 0.6 is 0 Å². The molecule has 5 nitrogen and oxygen atoms in total. The van der Waals surface area contributed by atoms with E-state index < -0.39 is 0 Å². The lowest BCUT2D eigenvalue weighted by Gasteiger charge is -2.20. The van der Waals surface area contributed by atoms with Gasteiger partial charge in [0, 0.05) is 32.5 Å². The molecular weight excluding hydrogens is 190 g/mol. The third-order valence-corrected chi connectivity index (χ3v) is 2.03. The number of rotatable bonds is 4. The summed E-state index contributed by atoms with van der Waals surface area (Å²) in [4.78, 5) is 12.1. The Labute approximate surface area is 90.0 Å². The van der Waals surface area contributed by atoms with Crippen molar-refractivity contribution in [2.75, 3.05) is 39.1 Å². The van der Waals surface area contributed by atoms with E-state index in [0.717, 1.165) is 13.1 Å². The number of hydrogen-bond acceptors (Lipinski definition) is 5. The van der Waals surface area contributed by atoms with E-state index in [1.165, 1.54) is 6.20 Å². The van der Waals surface area contributed by atoms with E-state index in [4.69, 9.17) is 5.26 Å². The van der Waals surface area contributed by atoms with Crippen LogP contribution in [-0.2, 0) is 0 Å². The molecule has 1 aromatic heterocycles. The average molecular weight is 205 g/mol. The SMILES string of the molecule is CN(C)CCN(C)c1nccnc1C#N. The fourth-order valence-electron chi connectivity index (χ4n) is 1.14. The predicted molar refractivity (Wildman–Crippen MR) is 58.6 cm³/mol. The van der Waals surface area contributed by atoms with Gasteiger partial charge in [0.15, 0.2) is 11.5 Å². The number of nitriles is 1. The van der Waals surface area contributed by atoms with Gasteiger partial charge in [0.1, 0.15) is 6.07 Å². The third kappa shape index (κ3) is 3.18. The zero-order chi connectivity index (χ0) is 11.3. The molecule has 0 bridgehead atoms. The van der Waals surface area contributed by atoms with Crippen molar-refractivity contribution < 1.29 is 0 Å². The van der Waals surface area contributed by atoms with Crippen molar-refractivity contribution in [3.63, 3.8) is 0 Å². The van der Waals surface area contributed by atoms with Crippen molar-refractivity contribution in [2.24, 2.45) is 0 Å². The molecule has 0 N–H and O–H groups in total. The molecule has 0 amide bonds. The van der Waals surface area contributed by atoms with Gasteiger partial charge in [-0.25, -0.2) is 9.97 Å². The first-order valence-corrected chi connectivity index (χ1v) is 4.72. The van der Waals surface area contributed by atoms with Crippen molar-refractivity contribution in [1.29, 1.82) is 5.26 Å². The van der Waals surface area contributed by atoms with Gasteiger partial charge in [-0.3, -0.25) is 0 Å². The second kappa shape index (κ2) is 5.27. The highest BCUT2D eigenvalue weighted by Crippen LogP contribution is 2.11. The van der Waals surface area contributed by atoms with Crippen molar-refractivity contribution in [3.05, 3.63) is 18.1 Å². The monoisotopic (exact) mass is 205 g/mol. The second-order valence-corrected chi connectivity index (χ2v) is 3.57. The molecule has 0 aliphatic heterocycles. The summed E-state index contributed by atoms with van der Waals surface area (Å²) in [6.07, 6.45) is 3.13. The molecule has 15 heavy (non-hydrogen) atoms. The highest BCUT2D eigenvalue weighted by molar-refractivity contribution is 5.48. The minimum absolute atomic E-state index is 0.374. The topological polar surface area (TPSA) is 56.1 Å². The number of hydrogen-bond donors (Lipinski definition) is 0. The van der Waals surface area contributed by atoms with Crippen LogP contribution in [0.1, 0.15) is 5.69 Å². The molecule has 1 rings (SSSR count). The number of nitrogens with zero attached hydrogens (tertiary/aromatic N) is 5. The van der Waals surface area contributed by atoms with Crippen LogP contribution in [0.2, 0.25) is 0 Å². The molecule has 0 spiro atoms. The molecule has 5 heteroatoms. The van der Waals surface area contributed by atoms with E-state index in [1.807, 2.05) is 32.1 Å². The van der Waals surface area contributed by atoms with Crippen LogP contribution in [0.4, 0.5) is 5.82 Å². The van der Waals surface area contributed by atoms with Gasteiger partial charge in [0.2, 0.25) is 0 Å². The largest absolute Gasteiger partial charge is 0.356 e. The Hall–Kier alpha value is -1.67. The Bertz CT molecular complexity index is 355. The summed E-state index contributed by atoms with van der Waals surface area (Å²) >= 11 is 0. The van der Waals surface area contributed by atoms with Crippen LogP contribution in [0.3, 0.4) is 0 Å². The number of likely N-dealkylation sites (N-methyl/N-ethyl adjacent to an activating group) is 2. The van der Waals surface area contributed by atoms with Crippen LogP contribution in [0.25, 0.3) is 0 Å². The van der Waals surface area contributed by atoms with Crippen LogP contribution in [0, 0.1) is 11.3 Å². The molecule has 1 aromatic rings. The summed E-state index contributed by atoms with van der Waals surface area (Å²) in [6, 6.07) is 2.04. The maximum Gasteiger partial charge on any atom is 0.183 e. The number of anilines is 1. The maximum atomic E-state index is 8.86. The first-order chi connectivity index (χ1) is 7.15. The van der Waals surface area contributed by atoms with E-state index in [1.54, 1.807) is 6.20 Å². The maximum absolute atomic E-state index is 8.86. The summed E-state index contributed by atoms with van der Waals surface area (Å²) in [7, 11) is 5.93. The van der Waals surface area contributed by atoms with Gasteiger partial charge >= 0.3 is 0 Å². The summed E-state index contributed by atoms with van der Waals surface area (Å²) in [5.74, 6) is 0.641. The standard InChI is InChI=1S/C10H15N5/c1-14(2)6-7-15(3)10-9(8-11)12-4-5-13-10/h4-5H,6-7H2,1-3H3. The Morgan fingerprint density at radius 2 is 1.87 bits per heavy atom. The molecule has 0 aliphatic carbocycles. The zero-order valence-corrected chi connectivity index (χ0v) is 9.30. The molecule has 0 saturated heterocycles. The van der Waals surface area contributed by atoms with E-state index in [-0.39, 0.29) is 0 Å². The second-order valence-electron chi connectivity index (χ2n) is 3.57. The van der Waals surface area contributed by atoms with E-state index in [9.17, 15) is 0 Å². The molecule has 0 unspecified atom stereocenters. The molecule has 0 aromatic carbocycles. The Morgan fingerprint density at radius 1 is 1.20 bits per heavy atom. The van der Waals surface area contributed by atoms with Crippen molar-refractivity contribution >= 4 is 5.82 Å². The van der Waals surface area contributed by atoms with Gasteiger partial charge in [0.25, 0.3) is 0 Å². The Balaban J connectivity index is 2.73. The van der Waals surface area contributed by atoms with Crippen molar-refractivity contribution in [1.82, 2.24) is 14.9 Å². The fraction of sp³-hybridized carbons (Fsp3) is 0.500.